The quantitative estimate of drug-likeness (QED) is 0.585. The van der Waals surface area contributed by atoms with E-state index in [1.807, 2.05) is 48.5 Å². The summed E-state index contributed by atoms with van der Waals surface area (Å²) in [6.45, 7) is 0.550. The molecular weight excluding hydrogens is 366 g/mol. The fourth-order valence-electron chi connectivity index (χ4n) is 3.74. The number of para-hydroxylation sites is 1. The van der Waals surface area contributed by atoms with Gasteiger partial charge in [-0.15, -0.1) is 0 Å². The van der Waals surface area contributed by atoms with E-state index < -0.39 is 18.6 Å². The van der Waals surface area contributed by atoms with Crippen molar-refractivity contribution < 1.29 is 14.7 Å². The second-order valence-electron chi connectivity index (χ2n) is 7.13. The molecule has 1 aliphatic heterocycles. The van der Waals surface area contributed by atoms with Crippen LogP contribution in [0, 0.1) is 0 Å². The van der Waals surface area contributed by atoms with Crippen LogP contribution in [-0.2, 0) is 22.6 Å². The fourth-order valence-corrected chi connectivity index (χ4v) is 3.74. The molecule has 0 aliphatic carbocycles. The SMILES string of the molecule is O=C(C=Cc1ccccc1)N[C@@H](CO)C(=O)N1CCc2c([nH]c3ccccc23)C1. The van der Waals surface area contributed by atoms with E-state index in [-0.39, 0.29) is 5.91 Å². The number of aromatic nitrogens is 1. The average molecular weight is 389 g/mol. The molecule has 3 N–H and O–H groups in total. The zero-order valence-corrected chi connectivity index (χ0v) is 16.0. The predicted octanol–water partition coefficient (Wildman–Crippen LogP) is 2.24. The minimum Gasteiger partial charge on any atom is -0.394 e. The first-order chi connectivity index (χ1) is 14.2. The van der Waals surface area contributed by atoms with Crippen molar-refractivity contribution in [1.82, 2.24) is 15.2 Å². The maximum Gasteiger partial charge on any atom is 0.247 e. The Morgan fingerprint density at radius 2 is 1.90 bits per heavy atom. The lowest BCUT2D eigenvalue weighted by Gasteiger charge is -2.30. The number of aliphatic hydroxyl groups excluding tert-OH is 1. The van der Waals surface area contributed by atoms with Crippen LogP contribution >= 0.6 is 0 Å². The summed E-state index contributed by atoms with van der Waals surface area (Å²) in [6, 6.07) is 16.5. The van der Waals surface area contributed by atoms with Crippen molar-refractivity contribution in [3.63, 3.8) is 0 Å². The maximum atomic E-state index is 12.9. The van der Waals surface area contributed by atoms with Crippen LogP contribution in [0.1, 0.15) is 16.8 Å². The Morgan fingerprint density at radius 3 is 2.69 bits per heavy atom. The first-order valence-electron chi connectivity index (χ1n) is 9.67. The number of nitrogens with one attached hydrogen (secondary N) is 2. The van der Waals surface area contributed by atoms with Gasteiger partial charge in [0.1, 0.15) is 6.04 Å². The molecule has 2 heterocycles. The van der Waals surface area contributed by atoms with Gasteiger partial charge >= 0.3 is 0 Å². The average Bonchev–Trinajstić information content (AvgIpc) is 3.14. The van der Waals surface area contributed by atoms with Crippen molar-refractivity contribution in [3.05, 3.63) is 77.5 Å². The topological polar surface area (TPSA) is 85.4 Å². The van der Waals surface area contributed by atoms with Gasteiger partial charge in [0.2, 0.25) is 11.8 Å². The molecule has 0 saturated heterocycles. The standard InChI is InChI=1S/C23H23N3O3/c27-15-21(25-22(28)11-10-16-6-2-1-3-7-16)23(29)26-13-12-18-17-8-4-5-9-19(17)24-20(18)14-26/h1-11,21,24,27H,12-15H2,(H,25,28)/t21-/m0/s1. The summed E-state index contributed by atoms with van der Waals surface area (Å²) in [7, 11) is 0. The molecule has 148 valence electrons. The molecule has 0 bridgehead atoms. The van der Waals surface area contributed by atoms with E-state index in [4.69, 9.17) is 0 Å². The van der Waals surface area contributed by atoms with Crippen LogP contribution in [0.2, 0.25) is 0 Å². The predicted molar refractivity (Wildman–Crippen MR) is 112 cm³/mol. The number of H-pyrrole nitrogens is 1. The largest absolute Gasteiger partial charge is 0.394 e. The summed E-state index contributed by atoms with van der Waals surface area (Å²) in [4.78, 5) is 30.1. The van der Waals surface area contributed by atoms with Crippen LogP contribution in [0.3, 0.4) is 0 Å². The second-order valence-corrected chi connectivity index (χ2v) is 7.13. The summed E-state index contributed by atoms with van der Waals surface area (Å²) in [6.07, 6.45) is 3.79. The highest BCUT2D eigenvalue weighted by atomic mass is 16.3. The van der Waals surface area contributed by atoms with Gasteiger partial charge in [0.05, 0.1) is 13.2 Å². The Labute approximate surface area is 168 Å². The van der Waals surface area contributed by atoms with Crippen molar-refractivity contribution in [1.29, 1.82) is 0 Å². The number of hydrogen-bond acceptors (Lipinski definition) is 3. The minimum absolute atomic E-state index is 0.279. The van der Waals surface area contributed by atoms with E-state index >= 15 is 0 Å². The van der Waals surface area contributed by atoms with Gasteiger partial charge in [0, 0.05) is 29.2 Å². The first kappa shape index (κ1) is 19.0. The number of carbonyl (C=O) groups excluding carboxylic acids is 2. The number of aromatic amines is 1. The number of fused-ring (bicyclic) bond motifs is 3. The lowest BCUT2D eigenvalue weighted by molar-refractivity contribution is -0.137. The number of aliphatic hydroxyl groups is 1. The summed E-state index contributed by atoms with van der Waals surface area (Å²) < 4.78 is 0. The Hall–Kier alpha value is -3.38. The summed E-state index contributed by atoms with van der Waals surface area (Å²) >= 11 is 0. The number of rotatable bonds is 5. The lowest BCUT2D eigenvalue weighted by Crippen LogP contribution is -2.51. The molecule has 6 heteroatoms. The molecular formula is C23H23N3O3. The number of carbonyl (C=O) groups is 2. The van der Waals surface area contributed by atoms with Gasteiger partial charge in [0.15, 0.2) is 0 Å². The molecule has 29 heavy (non-hydrogen) atoms. The van der Waals surface area contributed by atoms with Crippen molar-refractivity contribution in [2.45, 2.75) is 19.0 Å². The Morgan fingerprint density at radius 1 is 1.14 bits per heavy atom. The smallest absolute Gasteiger partial charge is 0.247 e. The van der Waals surface area contributed by atoms with Crippen LogP contribution in [0.25, 0.3) is 17.0 Å². The molecule has 1 aliphatic rings. The molecule has 0 saturated carbocycles. The molecule has 4 rings (SSSR count). The van der Waals surface area contributed by atoms with E-state index in [1.54, 1.807) is 11.0 Å². The van der Waals surface area contributed by atoms with Crippen LogP contribution in [-0.4, -0.2) is 46.0 Å². The van der Waals surface area contributed by atoms with Crippen molar-refractivity contribution >= 4 is 28.8 Å². The zero-order valence-electron chi connectivity index (χ0n) is 16.0. The van der Waals surface area contributed by atoms with Gasteiger partial charge in [-0.2, -0.15) is 0 Å². The summed E-state index contributed by atoms with van der Waals surface area (Å²) in [5.41, 5.74) is 4.19. The third-order valence-electron chi connectivity index (χ3n) is 5.22. The number of amides is 2. The highest BCUT2D eigenvalue weighted by Gasteiger charge is 2.29. The van der Waals surface area contributed by atoms with Crippen LogP contribution in [0.5, 0.6) is 0 Å². The monoisotopic (exact) mass is 389 g/mol. The Kier molecular flexibility index (Phi) is 5.44. The van der Waals surface area contributed by atoms with Gasteiger partial charge in [0.25, 0.3) is 0 Å². The fraction of sp³-hybridized carbons (Fsp3) is 0.217. The highest BCUT2D eigenvalue weighted by molar-refractivity contribution is 5.95. The molecule has 1 atom stereocenters. The van der Waals surface area contributed by atoms with E-state index in [0.29, 0.717) is 13.1 Å². The van der Waals surface area contributed by atoms with E-state index in [1.165, 1.54) is 17.0 Å². The second kappa shape index (κ2) is 8.32. The van der Waals surface area contributed by atoms with Gasteiger partial charge in [-0.3, -0.25) is 9.59 Å². The van der Waals surface area contributed by atoms with Gasteiger partial charge in [-0.05, 0) is 29.7 Å². The van der Waals surface area contributed by atoms with E-state index in [9.17, 15) is 14.7 Å². The Balaban J connectivity index is 1.42. The van der Waals surface area contributed by atoms with Crippen LogP contribution < -0.4 is 5.32 Å². The molecule has 2 aromatic carbocycles. The van der Waals surface area contributed by atoms with Gasteiger partial charge < -0.3 is 20.3 Å². The molecule has 0 unspecified atom stereocenters. The van der Waals surface area contributed by atoms with Crippen molar-refractivity contribution in [3.8, 4) is 0 Å². The highest BCUT2D eigenvalue weighted by Crippen LogP contribution is 2.27. The molecule has 0 fully saturated rings. The van der Waals surface area contributed by atoms with E-state index in [0.717, 1.165) is 23.2 Å². The summed E-state index contributed by atoms with van der Waals surface area (Å²) in [5.74, 6) is -0.692. The number of nitrogens with zero attached hydrogens (tertiary/aromatic N) is 1. The first-order valence-corrected chi connectivity index (χ1v) is 9.67. The normalized spacial score (nSPS) is 14.7. The molecule has 6 nitrogen and oxygen atoms in total. The van der Waals surface area contributed by atoms with Gasteiger partial charge in [-0.1, -0.05) is 48.5 Å². The van der Waals surface area contributed by atoms with E-state index in [2.05, 4.69) is 16.4 Å². The number of benzene rings is 2. The third-order valence-corrected chi connectivity index (χ3v) is 5.22. The molecule has 1 aromatic heterocycles. The van der Waals surface area contributed by atoms with Crippen molar-refractivity contribution in [2.75, 3.05) is 13.2 Å². The maximum absolute atomic E-state index is 12.9. The summed E-state index contributed by atoms with van der Waals surface area (Å²) in [5, 5.41) is 13.5. The molecule has 0 spiro atoms. The molecule has 3 aromatic rings. The van der Waals surface area contributed by atoms with Crippen LogP contribution in [0.15, 0.2) is 60.7 Å². The van der Waals surface area contributed by atoms with Crippen molar-refractivity contribution in [2.24, 2.45) is 0 Å². The molecule has 0 radical (unpaired) electrons. The minimum atomic E-state index is -0.964. The van der Waals surface area contributed by atoms with Gasteiger partial charge in [-0.25, -0.2) is 0 Å². The third kappa shape index (κ3) is 4.07. The molecule has 2 amide bonds. The lowest BCUT2D eigenvalue weighted by atomic mass is 10.0. The zero-order chi connectivity index (χ0) is 20.2. The number of hydrogen-bond donors (Lipinski definition) is 3. The van der Waals surface area contributed by atoms with Crippen LogP contribution in [0.4, 0.5) is 0 Å². The Bertz CT molecular complexity index is 1060.